The van der Waals surface area contributed by atoms with E-state index >= 15 is 0 Å². The minimum atomic E-state index is -0.0444. The molecule has 8 heteroatoms. The summed E-state index contributed by atoms with van der Waals surface area (Å²) in [6.07, 6.45) is 6.83. The number of hydrogen-bond donors (Lipinski definition) is 2. The third-order valence-corrected chi connectivity index (χ3v) is 3.07. The zero-order valence-electron chi connectivity index (χ0n) is 10.1. The molecule has 0 atom stereocenters. The van der Waals surface area contributed by atoms with Crippen molar-refractivity contribution < 1.29 is 5.21 Å². The Bertz CT molecular complexity index is 621. The summed E-state index contributed by atoms with van der Waals surface area (Å²) >= 11 is 0. The molecule has 0 amide bonds. The molecule has 8 nitrogen and oxygen atoms in total. The molecule has 2 aromatic heterocycles. The quantitative estimate of drug-likeness (QED) is 0.334. The molecule has 0 aromatic carbocycles. The van der Waals surface area contributed by atoms with Gasteiger partial charge in [-0.05, 0) is 0 Å². The molecule has 0 fully saturated rings. The number of nitrogens with zero attached hydrogens (tertiary/aromatic N) is 6. The highest BCUT2D eigenvalue weighted by Gasteiger charge is 2.22. The second kappa shape index (κ2) is 4.56. The van der Waals surface area contributed by atoms with Crippen LogP contribution in [0.4, 0.5) is 5.82 Å². The zero-order chi connectivity index (χ0) is 13.2. The van der Waals surface area contributed by atoms with Crippen LogP contribution in [-0.4, -0.2) is 37.1 Å². The van der Waals surface area contributed by atoms with Crippen molar-refractivity contribution in [1.82, 2.24) is 19.5 Å². The van der Waals surface area contributed by atoms with Crippen molar-refractivity contribution in [2.24, 2.45) is 10.9 Å². The highest BCUT2D eigenvalue weighted by molar-refractivity contribution is 5.99. The topological polar surface area (TPSA) is 105 Å². The van der Waals surface area contributed by atoms with E-state index in [1.807, 2.05) is 11.1 Å². The lowest BCUT2D eigenvalue weighted by atomic mass is 10.3. The molecule has 0 bridgehead atoms. The van der Waals surface area contributed by atoms with E-state index in [4.69, 9.17) is 10.9 Å². The molecule has 19 heavy (non-hydrogen) atoms. The molecular weight excluding hydrogens is 246 g/mol. The van der Waals surface area contributed by atoms with Gasteiger partial charge in [0.1, 0.15) is 5.82 Å². The van der Waals surface area contributed by atoms with Crippen molar-refractivity contribution in [2.75, 3.05) is 11.4 Å². The van der Waals surface area contributed by atoms with E-state index in [-0.39, 0.29) is 5.84 Å². The molecule has 3 rings (SSSR count). The average molecular weight is 259 g/mol. The number of nitrogens with two attached hydrogens (primary N) is 1. The SMILES string of the molecule is NC(=NO)c1nccnc1N1CCn2ccnc2C1. The Hall–Kier alpha value is -2.64. The smallest absolute Gasteiger partial charge is 0.192 e. The fourth-order valence-corrected chi connectivity index (χ4v) is 2.14. The molecule has 98 valence electrons. The van der Waals surface area contributed by atoms with E-state index < -0.39 is 0 Å². The first-order valence-electron chi connectivity index (χ1n) is 5.83. The standard InChI is InChI=1S/C11H13N7O/c12-10(16-19)9-11(15-2-1-14-9)18-6-5-17-4-3-13-8(17)7-18/h1-4,19H,5-7H2,(H2,12,16). The van der Waals surface area contributed by atoms with E-state index in [2.05, 4.69) is 24.7 Å². The van der Waals surface area contributed by atoms with E-state index in [1.165, 1.54) is 6.20 Å². The summed E-state index contributed by atoms with van der Waals surface area (Å²) in [6.45, 7) is 2.21. The number of amidine groups is 1. The van der Waals surface area contributed by atoms with Gasteiger partial charge in [0.05, 0.1) is 6.54 Å². The van der Waals surface area contributed by atoms with E-state index in [0.717, 1.165) is 18.9 Å². The maximum absolute atomic E-state index is 8.80. The Morgan fingerprint density at radius 2 is 2.05 bits per heavy atom. The van der Waals surface area contributed by atoms with Crippen LogP contribution in [0.1, 0.15) is 11.5 Å². The number of oxime groups is 1. The molecule has 1 aliphatic heterocycles. The van der Waals surface area contributed by atoms with Crippen molar-refractivity contribution in [3.63, 3.8) is 0 Å². The van der Waals surface area contributed by atoms with Crippen molar-refractivity contribution in [1.29, 1.82) is 0 Å². The van der Waals surface area contributed by atoms with Gasteiger partial charge in [0, 0.05) is 37.9 Å². The number of imidazole rings is 1. The van der Waals surface area contributed by atoms with Gasteiger partial charge in [0.2, 0.25) is 0 Å². The summed E-state index contributed by atoms with van der Waals surface area (Å²) in [5.74, 6) is 1.52. The number of rotatable bonds is 2. The van der Waals surface area contributed by atoms with Gasteiger partial charge >= 0.3 is 0 Å². The van der Waals surface area contributed by atoms with Gasteiger partial charge in [0.25, 0.3) is 0 Å². The van der Waals surface area contributed by atoms with Gasteiger partial charge in [-0.2, -0.15) is 0 Å². The molecule has 0 aliphatic carbocycles. The average Bonchev–Trinajstić information content (AvgIpc) is 2.93. The largest absolute Gasteiger partial charge is 0.409 e. The monoisotopic (exact) mass is 259 g/mol. The Balaban J connectivity index is 1.96. The Kier molecular flexibility index (Phi) is 2.75. The van der Waals surface area contributed by atoms with Crippen molar-refractivity contribution in [3.05, 3.63) is 36.3 Å². The lowest BCUT2D eigenvalue weighted by molar-refractivity contribution is 0.318. The maximum Gasteiger partial charge on any atom is 0.192 e. The second-order valence-corrected chi connectivity index (χ2v) is 4.17. The van der Waals surface area contributed by atoms with Crippen LogP contribution >= 0.6 is 0 Å². The van der Waals surface area contributed by atoms with Crippen LogP contribution < -0.4 is 10.6 Å². The number of hydrogen-bond acceptors (Lipinski definition) is 6. The molecule has 0 saturated heterocycles. The number of aromatic nitrogens is 4. The third kappa shape index (κ3) is 1.96. The Labute approximate surface area is 109 Å². The first kappa shape index (κ1) is 11.5. The van der Waals surface area contributed by atoms with Crippen LogP contribution in [0.2, 0.25) is 0 Å². The van der Waals surface area contributed by atoms with Crippen LogP contribution in [0.25, 0.3) is 0 Å². The van der Waals surface area contributed by atoms with E-state index in [1.54, 1.807) is 12.4 Å². The van der Waals surface area contributed by atoms with Gasteiger partial charge in [-0.1, -0.05) is 5.16 Å². The molecular formula is C11H13N7O. The summed E-state index contributed by atoms with van der Waals surface area (Å²) in [7, 11) is 0. The lowest BCUT2D eigenvalue weighted by Crippen LogP contribution is -2.36. The van der Waals surface area contributed by atoms with Crippen LogP contribution in [0.5, 0.6) is 0 Å². The minimum Gasteiger partial charge on any atom is -0.409 e. The van der Waals surface area contributed by atoms with E-state index in [0.29, 0.717) is 18.1 Å². The number of fused-ring (bicyclic) bond motifs is 1. The zero-order valence-corrected chi connectivity index (χ0v) is 10.1. The Morgan fingerprint density at radius 1 is 1.21 bits per heavy atom. The maximum atomic E-state index is 8.80. The fraction of sp³-hybridized carbons (Fsp3) is 0.273. The van der Waals surface area contributed by atoms with E-state index in [9.17, 15) is 0 Å². The summed E-state index contributed by atoms with van der Waals surface area (Å²) < 4.78 is 2.09. The predicted molar refractivity (Wildman–Crippen MR) is 67.8 cm³/mol. The number of anilines is 1. The predicted octanol–water partition coefficient (Wildman–Crippen LogP) is -0.212. The summed E-state index contributed by atoms with van der Waals surface area (Å²) in [5, 5.41) is 11.8. The highest BCUT2D eigenvalue weighted by atomic mass is 16.4. The van der Waals surface area contributed by atoms with Gasteiger partial charge in [-0.3, -0.25) is 0 Å². The normalized spacial score (nSPS) is 15.4. The van der Waals surface area contributed by atoms with Gasteiger partial charge in [-0.15, -0.1) is 0 Å². The Morgan fingerprint density at radius 3 is 2.89 bits per heavy atom. The minimum absolute atomic E-state index is 0.0444. The molecule has 2 aromatic rings. The van der Waals surface area contributed by atoms with Crippen LogP contribution in [0, 0.1) is 0 Å². The summed E-state index contributed by atoms with van der Waals surface area (Å²) in [4.78, 5) is 14.7. The van der Waals surface area contributed by atoms with Gasteiger partial charge in [0.15, 0.2) is 17.3 Å². The summed E-state index contributed by atoms with van der Waals surface area (Å²) in [6, 6.07) is 0. The molecule has 0 radical (unpaired) electrons. The van der Waals surface area contributed by atoms with Crippen molar-refractivity contribution in [3.8, 4) is 0 Å². The first-order chi connectivity index (χ1) is 9.29. The van der Waals surface area contributed by atoms with Crippen molar-refractivity contribution in [2.45, 2.75) is 13.1 Å². The molecule has 0 spiro atoms. The van der Waals surface area contributed by atoms with Crippen molar-refractivity contribution >= 4 is 11.7 Å². The molecule has 0 saturated carbocycles. The molecule has 1 aliphatic rings. The summed E-state index contributed by atoms with van der Waals surface area (Å²) in [5.41, 5.74) is 6.01. The lowest BCUT2D eigenvalue weighted by Gasteiger charge is -2.29. The van der Waals surface area contributed by atoms with Crippen LogP contribution in [0.15, 0.2) is 29.9 Å². The van der Waals surface area contributed by atoms with Crippen LogP contribution in [-0.2, 0) is 13.1 Å². The van der Waals surface area contributed by atoms with Gasteiger partial charge < -0.3 is 20.4 Å². The first-order valence-corrected chi connectivity index (χ1v) is 5.83. The van der Waals surface area contributed by atoms with Crippen LogP contribution in [0.3, 0.4) is 0 Å². The highest BCUT2D eigenvalue weighted by Crippen LogP contribution is 2.20. The fourth-order valence-electron chi connectivity index (χ4n) is 2.14. The molecule has 0 unspecified atom stereocenters. The van der Waals surface area contributed by atoms with Gasteiger partial charge in [-0.25, -0.2) is 15.0 Å². The second-order valence-electron chi connectivity index (χ2n) is 4.17. The molecule has 3 heterocycles. The molecule has 3 N–H and O–H groups in total. The third-order valence-electron chi connectivity index (χ3n) is 3.07.